The highest BCUT2D eigenvalue weighted by Gasteiger charge is 2.32. The maximum atomic E-state index is 12.6. The van der Waals surface area contributed by atoms with Crippen LogP contribution in [0.15, 0.2) is 53.1 Å². The molecule has 0 unspecified atom stereocenters. The third-order valence-electron chi connectivity index (χ3n) is 4.94. The topological polar surface area (TPSA) is 92.1 Å². The quantitative estimate of drug-likeness (QED) is 0.445. The Morgan fingerprint density at radius 1 is 1.21 bits per heavy atom. The van der Waals surface area contributed by atoms with Crippen LogP contribution >= 0.6 is 11.6 Å². The number of hydrogen-bond donors (Lipinski definition) is 1. The molecule has 1 saturated heterocycles. The lowest BCUT2D eigenvalue weighted by Gasteiger charge is -2.17. The number of aromatic nitrogens is 1. The number of carbonyl (C=O) groups excluding carboxylic acids is 1. The molecule has 1 amide bonds. The predicted octanol–water partition coefficient (Wildman–Crippen LogP) is 5.56. The Morgan fingerprint density at radius 2 is 1.97 bits per heavy atom. The van der Waals surface area contributed by atoms with Crippen LogP contribution in [-0.4, -0.2) is 42.3 Å². The van der Waals surface area contributed by atoms with Gasteiger partial charge in [0.05, 0.1) is 17.7 Å². The van der Waals surface area contributed by atoms with Crippen molar-refractivity contribution in [3.05, 3.63) is 59.2 Å². The van der Waals surface area contributed by atoms with Gasteiger partial charge in [0.15, 0.2) is 17.2 Å². The molecule has 1 atom stereocenters. The highest BCUT2D eigenvalue weighted by atomic mass is 35.5. The van der Waals surface area contributed by atoms with E-state index in [2.05, 4.69) is 10.5 Å². The molecule has 0 aliphatic carbocycles. The van der Waals surface area contributed by atoms with Crippen LogP contribution in [0.4, 0.5) is 5.69 Å². The summed E-state index contributed by atoms with van der Waals surface area (Å²) in [4.78, 5) is 12.6. The van der Waals surface area contributed by atoms with Gasteiger partial charge in [-0.05, 0) is 70.2 Å². The molecule has 3 aromatic rings. The summed E-state index contributed by atoms with van der Waals surface area (Å²) in [7, 11) is 0. The number of amides is 1. The standard InChI is InChI=1S/C25H27ClN2O6/c1-15(2)32-22-10-7-17(11-20(22)26)27-24(29)21-12-23(34-28-21)16-5-8-18(9-6-16)30-13-19-14-31-25(3,4)33-19/h5-12,15,19H,13-14H2,1-4H3,(H,27,29)/t19-/m0/s1. The van der Waals surface area contributed by atoms with Crippen molar-refractivity contribution in [3.8, 4) is 22.8 Å². The van der Waals surface area contributed by atoms with E-state index in [9.17, 15) is 4.79 Å². The Labute approximate surface area is 203 Å². The zero-order valence-electron chi connectivity index (χ0n) is 19.5. The molecule has 1 aliphatic heterocycles. The van der Waals surface area contributed by atoms with Crippen molar-refractivity contribution in [3.63, 3.8) is 0 Å². The first kappa shape index (κ1) is 24.1. The van der Waals surface area contributed by atoms with Gasteiger partial charge in [0, 0.05) is 17.3 Å². The lowest BCUT2D eigenvalue weighted by atomic mass is 10.1. The van der Waals surface area contributed by atoms with E-state index in [1.54, 1.807) is 24.3 Å². The molecular formula is C25H27ClN2O6. The van der Waals surface area contributed by atoms with Gasteiger partial charge in [-0.2, -0.15) is 0 Å². The lowest BCUT2D eigenvalue weighted by molar-refractivity contribution is -0.141. The van der Waals surface area contributed by atoms with Crippen molar-refractivity contribution in [2.45, 2.75) is 45.7 Å². The zero-order chi connectivity index (χ0) is 24.3. The third-order valence-corrected chi connectivity index (χ3v) is 5.23. The molecule has 0 bridgehead atoms. The highest BCUT2D eigenvalue weighted by Crippen LogP contribution is 2.29. The van der Waals surface area contributed by atoms with E-state index >= 15 is 0 Å². The van der Waals surface area contributed by atoms with Crippen LogP contribution in [0.3, 0.4) is 0 Å². The molecule has 1 aliphatic rings. The zero-order valence-corrected chi connectivity index (χ0v) is 20.2. The summed E-state index contributed by atoms with van der Waals surface area (Å²) in [5.41, 5.74) is 1.44. The predicted molar refractivity (Wildman–Crippen MR) is 128 cm³/mol. The largest absolute Gasteiger partial charge is 0.491 e. The molecular weight excluding hydrogens is 460 g/mol. The summed E-state index contributed by atoms with van der Waals surface area (Å²) in [6.45, 7) is 8.47. The second kappa shape index (κ2) is 10.0. The monoisotopic (exact) mass is 486 g/mol. The van der Waals surface area contributed by atoms with Gasteiger partial charge in [0.2, 0.25) is 0 Å². The van der Waals surface area contributed by atoms with E-state index in [4.69, 9.17) is 35.1 Å². The summed E-state index contributed by atoms with van der Waals surface area (Å²) in [5.74, 6) is 0.719. The molecule has 0 spiro atoms. The summed E-state index contributed by atoms with van der Waals surface area (Å²) in [5, 5.41) is 7.05. The average molecular weight is 487 g/mol. The van der Waals surface area contributed by atoms with Gasteiger partial charge in [0.1, 0.15) is 24.2 Å². The maximum Gasteiger partial charge on any atom is 0.277 e. The van der Waals surface area contributed by atoms with Crippen LogP contribution in [0.2, 0.25) is 5.02 Å². The second-order valence-electron chi connectivity index (χ2n) is 8.63. The van der Waals surface area contributed by atoms with Crippen LogP contribution in [0.25, 0.3) is 11.3 Å². The molecule has 2 heterocycles. The van der Waals surface area contributed by atoms with Gasteiger partial charge in [0.25, 0.3) is 5.91 Å². The second-order valence-corrected chi connectivity index (χ2v) is 9.04. The normalized spacial score (nSPS) is 17.1. The van der Waals surface area contributed by atoms with Crippen LogP contribution < -0.4 is 14.8 Å². The van der Waals surface area contributed by atoms with E-state index < -0.39 is 11.7 Å². The lowest BCUT2D eigenvalue weighted by Crippen LogP contribution is -2.25. The Hall–Kier alpha value is -3.07. The van der Waals surface area contributed by atoms with Crippen LogP contribution in [0.5, 0.6) is 11.5 Å². The molecule has 180 valence electrons. The van der Waals surface area contributed by atoms with E-state index in [1.165, 1.54) is 0 Å². The molecule has 0 radical (unpaired) electrons. The molecule has 0 saturated carbocycles. The van der Waals surface area contributed by atoms with E-state index in [0.29, 0.717) is 41.2 Å². The first-order chi connectivity index (χ1) is 16.2. The number of halogens is 1. The summed E-state index contributed by atoms with van der Waals surface area (Å²) in [6, 6.07) is 13.9. The summed E-state index contributed by atoms with van der Waals surface area (Å²) >= 11 is 6.24. The van der Waals surface area contributed by atoms with Crippen molar-refractivity contribution in [1.29, 1.82) is 0 Å². The van der Waals surface area contributed by atoms with Crippen molar-refractivity contribution < 1.29 is 28.3 Å². The van der Waals surface area contributed by atoms with E-state index in [1.807, 2.05) is 52.0 Å². The first-order valence-corrected chi connectivity index (χ1v) is 11.4. The fourth-order valence-corrected chi connectivity index (χ4v) is 3.62. The molecule has 1 aromatic heterocycles. The number of nitrogens with one attached hydrogen (secondary N) is 1. The smallest absolute Gasteiger partial charge is 0.277 e. The van der Waals surface area contributed by atoms with Crippen molar-refractivity contribution in [2.75, 3.05) is 18.5 Å². The maximum absolute atomic E-state index is 12.6. The molecule has 1 N–H and O–H groups in total. The summed E-state index contributed by atoms with van der Waals surface area (Å²) in [6.07, 6.45) is -0.116. The van der Waals surface area contributed by atoms with Crippen molar-refractivity contribution in [1.82, 2.24) is 5.16 Å². The molecule has 34 heavy (non-hydrogen) atoms. The Bertz CT molecular complexity index is 1140. The van der Waals surface area contributed by atoms with Gasteiger partial charge < -0.3 is 28.8 Å². The van der Waals surface area contributed by atoms with Crippen LogP contribution in [0.1, 0.15) is 38.2 Å². The fraction of sp³-hybridized carbons (Fsp3) is 0.360. The number of anilines is 1. The minimum Gasteiger partial charge on any atom is -0.491 e. The molecule has 4 rings (SSSR count). The van der Waals surface area contributed by atoms with Crippen molar-refractivity contribution in [2.24, 2.45) is 0 Å². The molecule has 1 fully saturated rings. The number of hydrogen-bond acceptors (Lipinski definition) is 7. The summed E-state index contributed by atoms with van der Waals surface area (Å²) < 4.78 is 28.0. The number of nitrogens with zero attached hydrogens (tertiary/aromatic N) is 1. The molecule has 9 heteroatoms. The van der Waals surface area contributed by atoms with Gasteiger partial charge >= 0.3 is 0 Å². The Morgan fingerprint density at radius 3 is 2.62 bits per heavy atom. The minimum absolute atomic E-state index is 0.00422. The van der Waals surface area contributed by atoms with E-state index in [0.717, 1.165) is 5.56 Å². The van der Waals surface area contributed by atoms with E-state index in [-0.39, 0.29) is 17.9 Å². The first-order valence-electron chi connectivity index (χ1n) is 11.0. The van der Waals surface area contributed by atoms with Gasteiger partial charge in [-0.15, -0.1) is 0 Å². The number of rotatable bonds is 8. The Kier molecular flexibility index (Phi) is 7.11. The van der Waals surface area contributed by atoms with Crippen LogP contribution in [-0.2, 0) is 9.47 Å². The highest BCUT2D eigenvalue weighted by molar-refractivity contribution is 6.32. The number of ether oxygens (including phenoxy) is 4. The number of carbonyl (C=O) groups is 1. The SMILES string of the molecule is CC(C)Oc1ccc(NC(=O)c2cc(-c3ccc(OC[C@H]4COC(C)(C)O4)cc3)on2)cc1Cl. The van der Waals surface area contributed by atoms with Gasteiger partial charge in [-0.25, -0.2) is 0 Å². The third kappa shape index (κ3) is 6.08. The van der Waals surface area contributed by atoms with Crippen molar-refractivity contribution >= 4 is 23.2 Å². The fourth-order valence-electron chi connectivity index (χ4n) is 3.39. The van der Waals surface area contributed by atoms with Crippen LogP contribution in [0, 0.1) is 0 Å². The number of benzene rings is 2. The van der Waals surface area contributed by atoms with Gasteiger partial charge in [-0.3, -0.25) is 4.79 Å². The minimum atomic E-state index is -0.577. The molecule has 2 aromatic carbocycles. The molecule has 8 nitrogen and oxygen atoms in total. The average Bonchev–Trinajstić information content (AvgIpc) is 3.41. The van der Waals surface area contributed by atoms with Gasteiger partial charge in [-0.1, -0.05) is 16.8 Å². The Balaban J connectivity index is 1.34.